The van der Waals surface area contributed by atoms with Gasteiger partial charge in [-0.2, -0.15) is 0 Å². The summed E-state index contributed by atoms with van der Waals surface area (Å²) in [6.45, 7) is 2.04. The minimum absolute atomic E-state index is 0.751. The Kier molecular flexibility index (Phi) is 2.60. The van der Waals surface area contributed by atoms with Crippen molar-refractivity contribution in [3.63, 3.8) is 0 Å². The molecule has 0 fully saturated rings. The van der Waals surface area contributed by atoms with Crippen molar-refractivity contribution in [1.29, 1.82) is 0 Å². The third-order valence-corrected chi connectivity index (χ3v) is 3.56. The molecule has 0 aliphatic heterocycles. The van der Waals surface area contributed by atoms with Crippen molar-refractivity contribution in [2.24, 2.45) is 0 Å². The first kappa shape index (κ1) is 11.3. The second-order valence-electron chi connectivity index (χ2n) is 4.28. The molecule has 2 aromatic carbocycles. The van der Waals surface area contributed by atoms with E-state index in [9.17, 15) is 0 Å². The zero-order chi connectivity index (χ0) is 12.7. The number of methoxy groups -OCH3 is 1. The highest BCUT2D eigenvalue weighted by molar-refractivity contribution is 6.40. The Morgan fingerprint density at radius 3 is 2.72 bits per heavy atom. The van der Waals surface area contributed by atoms with Crippen molar-refractivity contribution in [1.82, 2.24) is 4.98 Å². The van der Waals surface area contributed by atoms with Crippen LogP contribution in [0, 0.1) is 6.92 Å². The molecule has 0 unspecified atom stereocenters. The predicted octanol–water partition coefficient (Wildman–Crippen LogP) is 4.36. The van der Waals surface area contributed by atoms with Gasteiger partial charge < -0.3 is 4.74 Å². The lowest BCUT2D eigenvalue weighted by Crippen LogP contribution is -1.89. The van der Waals surface area contributed by atoms with Crippen LogP contribution in [0.15, 0.2) is 36.4 Å². The van der Waals surface area contributed by atoms with Crippen LogP contribution < -0.4 is 4.74 Å². The number of benzene rings is 2. The fraction of sp³-hybridized carbons (Fsp3) is 0.133. The highest BCUT2D eigenvalue weighted by atomic mass is 35.5. The summed E-state index contributed by atoms with van der Waals surface area (Å²) in [7, 11) is 1.65. The van der Waals surface area contributed by atoms with Crippen molar-refractivity contribution in [2.75, 3.05) is 7.11 Å². The zero-order valence-corrected chi connectivity index (χ0v) is 11.0. The number of ether oxygens (including phenoxy) is 1. The first-order chi connectivity index (χ1) is 8.70. The summed E-state index contributed by atoms with van der Waals surface area (Å²) in [6, 6.07) is 11.8. The van der Waals surface area contributed by atoms with Gasteiger partial charge in [0.25, 0.3) is 0 Å². The van der Waals surface area contributed by atoms with Gasteiger partial charge in [-0.1, -0.05) is 29.8 Å². The molecule has 0 spiro atoms. The molecule has 0 N–H and O–H groups in total. The Balaban J connectivity index is 2.48. The highest BCUT2D eigenvalue weighted by Gasteiger charge is 2.09. The highest BCUT2D eigenvalue weighted by Crippen LogP contribution is 2.33. The molecular weight excluding hydrogens is 246 g/mol. The van der Waals surface area contributed by atoms with Gasteiger partial charge in [0.2, 0.25) is 0 Å². The van der Waals surface area contributed by atoms with Crippen LogP contribution in [-0.4, -0.2) is 12.1 Å². The molecule has 18 heavy (non-hydrogen) atoms. The van der Waals surface area contributed by atoms with E-state index in [0.29, 0.717) is 0 Å². The lowest BCUT2D eigenvalue weighted by atomic mass is 10.1. The van der Waals surface area contributed by atoms with Gasteiger partial charge in [-0.25, -0.2) is 4.98 Å². The third kappa shape index (κ3) is 1.61. The fourth-order valence-electron chi connectivity index (χ4n) is 2.17. The first-order valence-electron chi connectivity index (χ1n) is 5.73. The molecule has 0 saturated heterocycles. The van der Waals surface area contributed by atoms with E-state index in [1.165, 1.54) is 0 Å². The second kappa shape index (κ2) is 4.14. The number of nitrogens with zero attached hydrogens (tertiary/aromatic N) is 1. The predicted molar refractivity (Wildman–Crippen MR) is 75.5 cm³/mol. The number of hydrogen-bond donors (Lipinski definition) is 0. The minimum Gasteiger partial charge on any atom is -0.497 e. The molecule has 1 aromatic heterocycles. The molecule has 0 saturated carbocycles. The number of aryl methyl sites for hydroxylation is 1. The van der Waals surface area contributed by atoms with Gasteiger partial charge in [0, 0.05) is 16.8 Å². The zero-order valence-electron chi connectivity index (χ0n) is 10.2. The quantitative estimate of drug-likeness (QED) is 0.605. The van der Waals surface area contributed by atoms with Gasteiger partial charge in [-0.3, -0.25) is 0 Å². The number of hydrogen-bond acceptors (Lipinski definition) is 2. The molecular formula is C15H12ClNO. The molecule has 3 aromatic rings. The average Bonchev–Trinajstić information content (AvgIpc) is 2.40. The van der Waals surface area contributed by atoms with Gasteiger partial charge in [0.05, 0.1) is 23.2 Å². The normalized spacial score (nSPS) is 11.1. The van der Waals surface area contributed by atoms with Crippen LogP contribution in [0.3, 0.4) is 0 Å². The van der Waals surface area contributed by atoms with E-state index in [0.717, 1.165) is 38.1 Å². The third-order valence-electron chi connectivity index (χ3n) is 3.15. The van der Waals surface area contributed by atoms with Gasteiger partial charge in [-0.05, 0) is 24.6 Å². The maximum atomic E-state index is 6.46. The maximum Gasteiger partial charge on any atom is 0.121 e. The second-order valence-corrected chi connectivity index (χ2v) is 4.66. The van der Waals surface area contributed by atoms with Gasteiger partial charge in [0.1, 0.15) is 5.75 Å². The molecule has 2 nitrogen and oxygen atoms in total. The summed E-state index contributed by atoms with van der Waals surface area (Å²) in [5, 5.41) is 2.70. The Morgan fingerprint density at radius 1 is 1.11 bits per heavy atom. The molecule has 0 radical (unpaired) electrons. The van der Waals surface area contributed by atoms with Gasteiger partial charge >= 0.3 is 0 Å². The molecule has 0 bridgehead atoms. The number of aromatic nitrogens is 1. The van der Waals surface area contributed by atoms with E-state index in [2.05, 4.69) is 4.98 Å². The molecule has 0 atom stereocenters. The summed E-state index contributed by atoms with van der Waals surface area (Å²) >= 11 is 6.46. The smallest absolute Gasteiger partial charge is 0.121 e. The summed E-state index contributed by atoms with van der Waals surface area (Å²) in [4.78, 5) is 4.68. The fourth-order valence-corrected chi connectivity index (χ4v) is 2.48. The van der Waals surface area contributed by atoms with Crippen LogP contribution in [0.25, 0.3) is 21.8 Å². The van der Waals surface area contributed by atoms with Crippen LogP contribution in [0.5, 0.6) is 5.75 Å². The summed E-state index contributed by atoms with van der Waals surface area (Å²) < 4.78 is 5.22. The lowest BCUT2D eigenvalue weighted by Gasteiger charge is -2.08. The number of pyridine rings is 1. The molecule has 90 valence electrons. The number of rotatable bonds is 1. The van der Waals surface area contributed by atoms with Crippen LogP contribution in [0.2, 0.25) is 5.02 Å². The van der Waals surface area contributed by atoms with Crippen LogP contribution in [-0.2, 0) is 0 Å². The maximum absolute atomic E-state index is 6.46. The molecule has 0 amide bonds. The standard InChI is InChI=1S/C15H12ClNO/c1-9-4-3-5-12-14(16)11-7-6-10(18-2)8-13(11)17-15(9)12/h3-8H,1-2H3. The number of para-hydroxylation sites is 1. The monoisotopic (exact) mass is 257 g/mol. The molecule has 0 aliphatic rings. The average molecular weight is 258 g/mol. The van der Waals surface area contributed by atoms with Crippen LogP contribution >= 0.6 is 11.6 Å². The molecule has 3 rings (SSSR count). The van der Waals surface area contributed by atoms with E-state index in [1.807, 2.05) is 43.3 Å². The molecule has 3 heteroatoms. The molecule has 1 heterocycles. The number of halogens is 1. The Bertz CT molecular complexity index is 752. The lowest BCUT2D eigenvalue weighted by molar-refractivity contribution is 0.415. The van der Waals surface area contributed by atoms with Crippen molar-refractivity contribution >= 4 is 33.4 Å². The summed E-state index contributed by atoms with van der Waals surface area (Å²) in [5.41, 5.74) is 2.93. The Hall–Kier alpha value is -1.80. The first-order valence-corrected chi connectivity index (χ1v) is 6.11. The van der Waals surface area contributed by atoms with E-state index in [4.69, 9.17) is 16.3 Å². The van der Waals surface area contributed by atoms with Crippen molar-refractivity contribution < 1.29 is 4.74 Å². The summed E-state index contributed by atoms with van der Waals surface area (Å²) in [5.74, 6) is 0.791. The Morgan fingerprint density at radius 2 is 1.94 bits per heavy atom. The summed E-state index contributed by atoms with van der Waals surface area (Å²) in [6.07, 6.45) is 0. The van der Waals surface area contributed by atoms with Crippen molar-refractivity contribution in [3.8, 4) is 5.75 Å². The molecule has 0 aliphatic carbocycles. The van der Waals surface area contributed by atoms with Crippen molar-refractivity contribution in [3.05, 3.63) is 47.0 Å². The largest absolute Gasteiger partial charge is 0.497 e. The van der Waals surface area contributed by atoms with E-state index >= 15 is 0 Å². The number of fused-ring (bicyclic) bond motifs is 2. The van der Waals surface area contributed by atoms with Crippen LogP contribution in [0.4, 0.5) is 0 Å². The van der Waals surface area contributed by atoms with E-state index < -0.39 is 0 Å². The van der Waals surface area contributed by atoms with Crippen molar-refractivity contribution in [2.45, 2.75) is 6.92 Å². The SMILES string of the molecule is COc1ccc2c(Cl)c3cccc(C)c3nc2c1. The minimum atomic E-state index is 0.751. The van der Waals surface area contributed by atoms with Gasteiger partial charge in [0.15, 0.2) is 0 Å². The van der Waals surface area contributed by atoms with E-state index in [1.54, 1.807) is 7.11 Å². The topological polar surface area (TPSA) is 22.1 Å². The Labute approximate surface area is 110 Å². The van der Waals surface area contributed by atoms with Crippen LogP contribution in [0.1, 0.15) is 5.56 Å². The van der Waals surface area contributed by atoms with E-state index in [-0.39, 0.29) is 0 Å². The van der Waals surface area contributed by atoms with Gasteiger partial charge in [-0.15, -0.1) is 0 Å².